The van der Waals surface area contributed by atoms with Gasteiger partial charge in [0.2, 0.25) is 0 Å². The van der Waals surface area contributed by atoms with Gasteiger partial charge >= 0.3 is 0 Å². The second-order valence-electron chi connectivity index (χ2n) is 4.51. The molecule has 4 heteroatoms. The van der Waals surface area contributed by atoms with Crippen LogP contribution in [0.1, 0.15) is 18.5 Å². The SMILES string of the molecule is C[C@H](N)c1ccc(N(C)c2ccccc2F)c(Br)c1. The molecule has 0 aromatic heterocycles. The van der Waals surface area contributed by atoms with Gasteiger partial charge in [-0.1, -0.05) is 18.2 Å². The van der Waals surface area contributed by atoms with Crippen LogP contribution in [0.5, 0.6) is 0 Å². The summed E-state index contributed by atoms with van der Waals surface area (Å²) < 4.78 is 14.7. The van der Waals surface area contributed by atoms with Crippen LogP contribution in [0.2, 0.25) is 0 Å². The Kier molecular flexibility index (Phi) is 4.22. The van der Waals surface area contributed by atoms with Gasteiger partial charge in [-0.05, 0) is 52.7 Å². The molecule has 19 heavy (non-hydrogen) atoms. The number of benzene rings is 2. The Morgan fingerprint density at radius 1 is 1.16 bits per heavy atom. The maximum Gasteiger partial charge on any atom is 0.146 e. The third-order valence-corrected chi connectivity index (χ3v) is 3.71. The van der Waals surface area contributed by atoms with E-state index in [2.05, 4.69) is 15.9 Å². The van der Waals surface area contributed by atoms with Crippen LogP contribution in [0.25, 0.3) is 0 Å². The van der Waals surface area contributed by atoms with E-state index in [-0.39, 0.29) is 11.9 Å². The molecule has 0 aliphatic carbocycles. The van der Waals surface area contributed by atoms with Gasteiger partial charge in [-0.25, -0.2) is 4.39 Å². The number of hydrogen-bond donors (Lipinski definition) is 1. The van der Waals surface area contributed by atoms with E-state index >= 15 is 0 Å². The van der Waals surface area contributed by atoms with Crippen molar-refractivity contribution in [1.29, 1.82) is 0 Å². The Bertz CT molecular complexity index is 584. The predicted octanol–water partition coefficient (Wildman–Crippen LogP) is 4.38. The van der Waals surface area contributed by atoms with E-state index in [0.29, 0.717) is 5.69 Å². The first kappa shape index (κ1) is 14.0. The molecule has 2 rings (SSSR count). The van der Waals surface area contributed by atoms with Crippen LogP contribution in [0.3, 0.4) is 0 Å². The first-order valence-corrected chi connectivity index (χ1v) is 6.83. The molecule has 0 aliphatic rings. The fourth-order valence-corrected chi connectivity index (χ4v) is 2.59. The molecule has 0 spiro atoms. The number of hydrogen-bond acceptors (Lipinski definition) is 2. The number of nitrogens with two attached hydrogens (primary N) is 1. The van der Waals surface area contributed by atoms with Crippen LogP contribution in [-0.4, -0.2) is 7.05 Å². The van der Waals surface area contributed by atoms with Crippen LogP contribution in [0, 0.1) is 5.82 Å². The average molecular weight is 323 g/mol. The zero-order chi connectivity index (χ0) is 14.0. The van der Waals surface area contributed by atoms with E-state index in [9.17, 15) is 4.39 Å². The molecule has 2 N–H and O–H groups in total. The first-order valence-electron chi connectivity index (χ1n) is 6.04. The Balaban J connectivity index is 2.40. The van der Waals surface area contributed by atoms with E-state index < -0.39 is 0 Å². The molecule has 0 aliphatic heterocycles. The number of nitrogens with zero attached hydrogens (tertiary/aromatic N) is 1. The monoisotopic (exact) mass is 322 g/mol. The molecular formula is C15H16BrFN2. The molecule has 0 radical (unpaired) electrons. The fourth-order valence-electron chi connectivity index (χ4n) is 1.93. The molecule has 0 unspecified atom stereocenters. The van der Waals surface area contributed by atoms with Crippen molar-refractivity contribution in [1.82, 2.24) is 0 Å². The lowest BCUT2D eigenvalue weighted by Crippen LogP contribution is -2.12. The largest absolute Gasteiger partial charge is 0.341 e. The zero-order valence-corrected chi connectivity index (χ0v) is 12.5. The maximum atomic E-state index is 13.8. The summed E-state index contributed by atoms with van der Waals surface area (Å²) in [6.45, 7) is 1.93. The van der Waals surface area contributed by atoms with Gasteiger partial charge in [-0.3, -0.25) is 0 Å². The highest BCUT2D eigenvalue weighted by atomic mass is 79.9. The van der Waals surface area contributed by atoms with Gasteiger partial charge in [-0.2, -0.15) is 0 Å². The normalized spacial score (nSPS) is 12.3. The minimum absolute atomic E-state index is 0.0240. The number of rotatable bonds is 3. The molecule has 2 aromatic carbocycles. The van der Waals surface area contributed by atoms with Crippen molar-refractivity contribution in [2.45, 2.75) is 13.0 Å². The van der Waals surface area contributed by atoms with Crippen molar-refractivity contribution in [2.75, 3.05) is 11.9 Å². The van der Waals surface area contributed by atoms with Gasteiger partial charge in [0.25, 0.3) is 0 Å². The number of halogens is 2. The number of para-hydroxylation sites is 1. The Labute approximate surface area is 121 Å². The van der Waals surface area contributed by atoms with Gasteiger partial charge in [0.05, 0.1) is 11.4 Å². The standard InChI is InChI=1S/C15H16BrFN2/c1-10(18)11-7-8-14(12(16)9-11)19(2)15-6-4-3-5-13(15)17/h3-10H,18H2,1-2H3/t10-/m0/s1. The van der Waals surface area contributed by atoms with E-state index in [0.717, 1.165) is 15.7 Å². The smallest absolute Gasteiger partial charge is 0.146 e. The van der Waals surface area contributed by atoms with Crippen LogP contribution in [0.4, 0.5) is 15.8 Å². The van der Waals surface area contributed by atoms with Crippen molar-refractivity contribution in [3.8, 4) is 0 Å². The molecule has 0 heterocycles. The van der Waals surface area contributed by atoms with E-state index in [4.69, 9.17) is 5.73 Å². The Morgan fingerprint density at radius 3 is 2.42 bits per heavy atom. The van der Waals surface area contributed by atoms with Gasteiger partial charge < -0.3 is 10.6 Å². The highest BCUT2D eigenvalue weighted by Gasteiger charge is 2.12. The van der Waals surface area contributed by atoms with Crippen molar-refractivity contribution >= 4 is 27.3 Å². The third-order valence-electron chi connectivity index (χ3n) is 3.07. The van der Waals surface area contributed by atoms with Crippen LogP contribution < -0.4 is 10.6 Å². The van der Waals surface area contributed by atoms with Crippen LogP contribution in [0.15, 0.2) is 46.9 Å². The first-order chi connectivity index (χ1) is 9.00. The second-order valence-corrected chi connectivity index (χ2v) is 5.36. The molecule has 0 fully saturated rings. The molecule has 2 nitrogen and oxygen atoms in total. The summed E-state index contributed by atoms with van der Waals surface area (Å²) in [6, 6.07) is 12.6. The Hall–Kier alpha value is -1.39. The molecule has 0 amide bonds. The van der Waals surface area contributed by atoms with Crippen molar-refractivity contribution in [2.24, 2.45) is 5.73 Å². The average Bonchev–Trinajstić information content (AvgIpc) is 2.38. The molecule has 0 saturated heterocycles. The van der Waals surface area contributed by atoms with Gasteiger partial charge in [0.1, 0.15) is 5.82 Å². The third kappa shape index (κ3) is 2.96. The summed E-state index contributed by atoms with van der Waals surface area (Å²) in [5.41, 5.74) is 8.33. The highest BCUT2D eigenvalue weighted by Crippen LogP contribution is 2.33. The lowest BCUT2D eigenvalue weighted by Gasteiger charge is -2.22. The fraction of sp³-hybridized carbons (Fsp3) is 0.200. The van der Waals surface area contributed by atoms with Crippen LogP contribution >= 0.6 is 15.9 Å². The predicted molar refractivity (Wildman–Crippen MR) is 81.2 cm³/mol. The molecular weight excluding hydrogens is 307 g/mol. The van der Waals surface area contributed by atoms with Crippen molar-refractivity contribution in [3.05, 3.63) is 58.3 Å². The summed E-state index contributed by atoms with van der Waals surface area (Å²) in [7, 11) is 1.84. The molecule has 2 aromatic rings. The number of anilines is 2. The summed E-state index contributed by atoms with van der Waals surface area (Å²) in [6.07, 6.45) is 0. The minimum Gasteiger partial charge on any atom is -0.341 e. The molecule has 1 atom stereocenters. The maximum absolute atomic E-state index is 13.8. The topological polar surface area (TPSA) is 29.3 Å². The zero-order valence-electron chi connectivity index (χ0n) is 10.9. The lowest BCUT2D eigenvalue weighted by atomic mass is 10.1. The van der Waals surface area contributed by atoms with Gasteiger partial charge in [0.15, 0.2) is 0 Å². The van der Waals surface area contributed by atoms with Gasteiger partial charge in [-0.15, -0.1) is 0 Å². The van der Waals surface area contributed by atoms with Crippen molar-refractivity contribution in [3.63, 3.8) is 0 Å². The Morgan fingerprint density at radius 2 is 1.84 bits per heavy atom. The molecule has 0 saturated carbocycles. The van der Waals surface area contributed by atoms with E-state index in [1.807, 2.05) is 43.1 Å². The summed E-state index contributed by atoms with van der Waals surface area (Å²) in [5.74, 6) is -0.242. The van der Waals surface area contributed by atoms with Crippen LogP contribution in [-0.2, 0) is 0 Å². The molecule has 0 bridgehead atoms. The lowest BCUT2D eigenvalue weighted by molar-refractivity contribution is 0.627. The van der Waals surface area contributed by atoms with E-state index in [1.54, 1.807) is 12.1 Å². The highest BCUT2D eigenvalue weighted by molar-refractivity contribution is 9.10. The summed E-state index contributed by atoms with van der Waals surface area (Å²) >= 11 is 3.52. The second kappa shape index (κ2) is 5.72. The summed E-state index contributed by atoms with van der Waals surface area (Å²) in [5, 5.41) is 0. The quantitative estimate of drug-likeness (QED) is 0.908. The summed E-state index contributed by atoms with van der Waals surface area (Å²) in [4.78, 5) is 1.81. The minimum atomic E-state index is -0.242. The molecule has 100 valence electrons. The van der Waals surface area contributed by atoms with E-state index in [1.165, 1.54) is 6.07 Å². The van der Waals surface area contributed by atoms with Gasteiger partial charge in [0, 0.05) is 17.6 Å². The van der Waals surface area contributed by atoms with Crippen molar-refractivity contribution < 1.29 is 4.39 Å².